The van der Waals surface area contributed by atoms with Crippen LogP contribution in [0, 0.1) is 12.8 Å². The minimum Gasteiger partial charge on any atom is -0.497 e. The third-order valence-corrected chi connectivity index (χ3v) is 6.55. The van der Waals surface area contributed by atoms with E-state index in [0.29, 0.717) is 43.1 Å². The molecule has 0 radical (unpaired) electrons. The van der Waals surface area contributed by atoms with E-state index in [4.69, 9.17) is 9.47 Å². The second-order valence-electron chi connectivity index (χ2n) is 9.06. The Labute approximate surface area is 206 Å². The van der Waals surface area contributed by atoms with Crippen molar-refractivity contribution in [3.8, 4) is 11.5 Å². The SMILES string of the molecule is COc1ccc(NC(=O)C2CC(c3cccc(C)c3)CN(C(=O)Cc3ccccc3)C2)c(OC)c1. The first kappa shape index (κ1) is 24.3. The van der Waals surface area contributed by atoms with Gasteiger partial charge in [-0.05, 0) is 36.6 Å². The molecule has 0 aliphatic carbocycles. The third kappa shape index (κ3) is 6.01. The summed E-state index contributed by atoms with van der Waals surface area (Å²) in [6.07, 6.45) is 0.991. The molecule has 0 bridgehead atoms. The molecule has 1 aliphatic heterocycles. The Hall–Kier alpha value is -3.80. The normalized spacial score (nSPS) is 17.5. The van der Waals surface area contributed by atoms with Crippen LogP contribution >= 0.6 is 0 Å². The molecule has 3 aromatic rings. The van der Waals surface area contributed by atoms with Crippen LogP contribution in [0.3, 0.4) is 0 Å². The van der Waals surface area contributed by atoms with E-state index in [2.05, 4.69) is 30.4 Å². The van der Waals surface area contributed by atoms with Crippen molar-refractivity contribution < 1.29 is 19.1 Å². The van der Waals surface area contributed by atoms with Gasteiger partial charge < -0.3 is 19.7 Å². The van der Waals surface area contributed by atoms with E-state index in [1.807, 2.05) is 41.3 Å². The van der Waals surface area contributed by atoms with Crippen LogP contribution in [0.15, 0.2) is 72.8 Å². The predicted octanol–water partition coefficient (Wildman–Crippen LogP) is 4.83. The number of nitrogens with one attached hydrogen (secondary N) is 1. The highest BCUT2D eigenvalue weighted by Gasteiger charge is 2.35. The number of benzene rings is 3. The number of piperidine rings is 1. The molecular weight excluding hydrogens is 440 g/mol. The number of anilines is 1. The first-order valence-corrected chi connectivity index (χ1v) is 11.9. The number of nitrogens with zero attached hydrogens (tertiary/aromatic N) is 1. The van der Waals surface area contributed by atoms with Gasteiger partial charge in [0.05, 0.1) is 32.2 Å². The number of amides is 2. The highest BCUT2D eigenvalue weighted by molar-refractivity contribution is 5.95. The molecule has 0 spiro atoms. The maximum atomic E-state index is 13.4. The number of carbonyl (C=O) groups excluding carboxylic acids is 2. The van der Waals surface area contributed by atoms with Crippen LogP contribution in [0.5, 0.6) is 11.5 Å². The molecule has 4 rings (SSSR count). The maximum Gasteiger partial charge on any atom is 0.229 e. The van der Waals surface area contributed by atoms with E-state index in [9.17, 15) is 9.59 Å². The van der Waals surface area contributed by atoms with Gasteiger partial charge in [-0.3, -0.25) is 9.59 Å². The first-order chi connectivity index (χ1) is 17.0. The molecule has 1 heterocycles. The van der Waals surface area contributed by atoms with E-state index < -0.39 is 0 Å². The van der Waals surface area contributed by atoms with Crippen molar-refractivity contribution in [1.82, 2.24) is 4.90 Å². The van der Waals surface area contributed by atoms with E-state index in [-0.39, 0.29) is 23.7 Å². The highest BCUT2D eigenvalue weighted by Crippen LogP contribution is 2.34. The van der Waals surface area contributed by atoms with Gasteiger partial charge >= 0.3 is 0 Å². The summed E-state index contributed by atoms with van der Waals surface area (Å²) in [5.74, 6) is 0.824. The van der Waals surface area contributed by atoms with E-state index in [1.54, 1.807) is 32.4 Å². The lowest BCUT2D eigenvalue weighted by atomic mass is 9.83. The van der Waals surface area contributed by atoms with Crippen LogP contribution in [0.25, 0.3) is 0 Å². The summed E-state index contributed by atoms with van der Waals surface area (Å²) in [7, 11) is 3.14. The van der Waals surface area contributed by atoms with Gasteiger partial charge in [0.25, 0.3) is 0 Å². The zero-order valence-electron chi connectivity index (χ0n) is 20.5. The fourth-order valence-electron chi connectivity index (χ4n) is 4.68. The average Bonchev–Trinajstić information content (AvgIpc) is 2.89. The van der Waals surface area contributed by atoms with Crippen molar-refractivity contribution in [2.24, 2.45) is 5.92 Å². The minimum atomic E-state index is -0.346. The van der Waals surface area contributed by atoms with Crippen LogP contribution < -0.4 is 14.8 Å². The van der Waals surface area contributed by atoms with Gasteiger partial charge in [0.1, 0.15) is 11.5 Å². The second-order valence-corrected chi connectivity index (χ2v) is 9.06. The molecule has 1 aliphatic rings. The molecule has 0 aromatic heterocycles. The minimum absolute atomic E-state index is 0.0355. The lowest BCUT2D eigenvalue weighted by molar-refractivity contribution is -0.134. The van der Waals surface area contributed by atoms with Crippen LogP contribution in [0.4, 0.5) is 5.69 Å². The smallest absolute Gasteiger partial charge is 0.229 e. The van der Waals surface area contributed by atoms with Gasteiger partial charge in [0, 0.05) is 25.1 Å². The summed E-state index contributed by atoms with van der Waals surface area (Å²) in [4.78, 5) is 28.5. The Morgan fingerprint density at radius 1 is 0.943 bits per heavy atom. The molecule has 1 saturated heterocycles. The summed E-state index contributed by atoms with van der Waals surface area (Å²) in [6.45, 7) is 3.05. The third-order valence-electron chi connectivity index (χ3n) is 6.55. The Kier molecular flexibility index (Phi) is 7.70. The largest absolute Gasteiger partial charge is 0.497 e. The van der Waals surface area contributed by atoms with Crippen molar-refractivity contribution in [2.75, 3.05) is 32.6 Å². The van der Waals surface area contributed by atoms with Gasteiger partial charge in [0.15, 0.2) is 0 Å². The molecule has 1 N–H and O–H groups in total. The van der Waals surface area contributed by atoms with Crippen LogP contribution in [0.2, 0.25) is 0 Å². The van der Waals surface area contributed by atoms with Gasteiger partial charge in [-0.25, -0.2) is 0 Å². The van der Waals surface area contributed by atoms with Crippen LogP contribution in [-0.4, -0.2) is 44.0 Å². The van der Waals surface area contributed by atoms with E-state index in [0.717, 1.165) is 11.1 Å². The lowest BCUT2D eigenvalue weighted by Gasteiger charge is -2.37. The summed E-state index contributed by atoms with van der Waals surface area (Å²) in [5, 5.41) is 3.02. The molecule has 1 fully saturated rings. The zero-order valence-corrected chi connectivity index (χ0v) is 20.5. The molecule has 6 heteroatoms. The monoisotopic (exact) mass is 472 g/mol. The summed E-state index contributed by atoms with van der Waals surface area (Å²) in [5.41, 5.74) is 3.87. The van der Waals surface area contributed by atoms with Gasteiger partial charge in [-0.1, -0.05) is 60.2 Å². The standard InChI is InChI=1S/C29H32N2O4/c1-20-8-7-11-22(14-20)23-16-24(19-31(18-23)28(32)15-21-9-5-4-6-10-21)29(33)30-26-13-12-25(34-2)17-27(26)35-3/h4-14,17,23-24H,15-16,18-19H2,1-3H3,(H,30,33). The summed E-state index contributed by atoms with van der Waals surface area (Å²) < 4.78 is 10.7. The molecule has 2 amide bonds. The van der Waals surface area contributed by atoms with Crippen molar-refractivity contribution in [1.29, 1.82) is 0 Å². The molecule has 6 nitrogen and oxygen atoms in total. The fraction of sp³-hybridized carbons (Fsp3) is 0.310. The Bertz CT molecular complexity index is 1180. The quantitative estimate of drug-likeness (QED) is 0.535. The molecule has 2 unspecified atom stereocenters. The molecular formula is C29H32N2O4. The van der Waals surface area contributed by atoms with Gasteiger partial charge in [-0.2, -0.15) is 0 Å². The van der Waals surface area contributed by atoms with Gasteiger partial charge in [0.2, 0.25) is 11.8 Å². The Morgan fingerprint density at radius 3 is 2.46 bits per heavy atom. The van der Waals surface area contributed by atoms with Crippen LogP contribution in [0.1, 0.15) is 29.0 Å². The number of aryl methyl sites for hydroxylation is 1. The van der Waals surface area contributed by atoms with E-state index in [1.165, 1.54) is 5.56 Å². The van der Waals surface area contributed by atoms with Crippen LogP contribution in [-0.2, 0) is 16.0 Å². The second kappa shape index (κ2) is 11.1. The average molecular weight is 473 g/mol. The lowest BCUT2D eigenvalue weighted by Crippen LogP contribution is -2.47. The molecule has 35 heavy (non-hydrogen) atoms. The number of hydrogen-bond donors (Lipinski definition) is 1. The van der Waals surface area contributed by atoms with E-state index >= 15 is 0 Å². The summed E-state index contributed by atoms with van der Waals surface area (Å²) in [6, 6.07) is 23.4. The molecule has 182 valence electrons. The number of carbonyl (C=O) groups is 2. The summed E-state index contributed by atoms with van der Waals surface area (Å²) >= 11 is 0. The first-order valence-electron chi connectivity index (χ1n) is 11.9. The Balaban J connectivity index is 1.56. The number of rotatable bonds is 7. The van der Waals surface area contributed by atoms with Gasteiger partial charge in [-0.15, -0.1) is 0 Å². The number of hydrogen-bond acceptors (Lipinski definition) is 4. The molecule has 3 aromatic carbocycles. The van der Waals surface area contributed by atoms with Crippen molar-refractivity contribution in [2.45, 2.75) is 25.7 Å². The van der Waals surface area contributed by atoms with Crippen molar-refractivity contribution in [3.05, 3.63) is 89.5 Å². The zero-order chi connectivity index (χ0) is 24.8. The van der Waals surface area contributed by atoms with Crippen molar-refractivity contribution in [3.63, 3.8) is 0 Å². The predicted molar refractivity (Wildman–Crippen MR) is 137 cm³/mol. The molecule has 2 atom stereocenters. The molecule has 0 saturated carbocycles. The maximum absolute atomic E-state index is 13.4. The Morgan fingerprint density at radius 2 is 1.74 bits per heavy atom. The number of likely N-dealkylation sites (tertiary alicyclic amines) is 1. The fourth-order valence-corrected chi connectivity index (χ4v) is 4.68. The number of methoxy groups -OCH3 is 2. The topological polar surface area (TPSA) is 67.9 Å². The highest BCUT2D eigenvalue weighted by atomic mass is 16.5. The van der Waals surface area contributed by atoms with Crippen molar-refractivity contribution >= 4 is 17.5 Å². The number of ether oxygens (including phenoxy) is 2.